The van der Waals surface area contributed by atoms with Crippen LogP contribution in [-0.4, -0.2) is 142 Å². The molecule has 2 aliphatic rings. The second kappa shape index (κ2) is 44.8. The van der Waals surface area contributed by atoms with Crippen molar-refractivity contribution in [3.63, 3.8) is 0 Å². The molecule has 0 spiro atoms. The van der Waals surface area contributed by atoms with Gasteiger partial charge in [-0.25, -0.2) is 0 Å². The molecular formula is C58H104O15. The molecule has 0 amide bonds. The largest absolute Gasteiger partial charge is 0.462 e. The predicted octanol–water partition coefficient (Wildman–Crippen LogP) is 9.66. The zero-order valence-corrected chi connectivity index (χ0v) is 45.4. The Morgan fingerprint density at radius 3 is 1.32 bits per heavy atom. The van der Waals surface area contributed by atoms with Crippen molar-refractivity contribution in [2.24, 2.45) is 0 Å². The van der Waals surface area contributed by atoms with Crippen LogP contribution in [0, 0.1) is 0 Å². The minimum absolute atomic E-state index is 0.152. The van der Waals surface area contributed by atoms with Crippen LogP contribution in [0.4, 0.5) is 0 Å². The van der Waals surface area contributed by atoms with Gasteiger partial charge in [0.1, 0.15) is 55.4 Å². The van der Waals surface area contributed by atoms with Gasteiger partial charge in [-0.1, -0.05) is 198 Å². The number of aliphatic hydroxyl groups is 7. The molecule has 73 heavy (non-hydrogen) atoms. The number of carbonyl (C=O) groups is 2. The Morgan fingerprint density at radius 1 is 0.438 bits per heavy atom. The number of esters is 2. The minimum Gasteiger partial charge on any atom is -0.462 e. The Morgan fingerprint density at radius 2 is 0.822 bits per heavy atom. The van der Waals surface area contributed by atoms with E-state index in [-0.39, 0.29) is 26.1 Å². The molecule has 2 aliphatic heterocycles. The first-order chi connectivity index (χ1) is 35.5. The average Bonchev–Trinajstić information content (AvgIpc) is 3.38. The van der Waals surface area contributed by atoms with E-state index in [4.69, 9.17) is 28.4 Å². The van der Waals surface area contributed by atoms with Crippen molar-refractivity contribution in [2.45, 2.75) is 293 Å². The van der Waals surface area contributed by atoms with Gasteiger partial charge >= 0.3 is 11.9 Å². The van der Waals surface area contributed by atoms with E-state index in [1.165, 1.54) is 116 Å². The van der Waals surface area contributed by atoms with E-state index in [1.807, 2.05) is 0 Å². The third-order valence-corrected chi connectivity index (χ3v) is 13.9. The highest BCUT2D eigenvalue weighted by Crippen LogP contribution is 2.27. The van der Waals surface area contributed by atoms with Crippen LogP contribution in [0.5, 0.6) is 0 Å². The van der Waals surface area contributed by atoms with Gasteiger partial charge in [-0.05, 0) is 51.4 Å². The highest BCUT2D eigenvalue weighted by atomic mass is 16.7. The van der Waals surface area contributed by atoms with Gasteiger partial charge in [0, 0.05) is 12.8 Å². The Bertz CT molecular complexity index is 1410. The maximum Gasteiger partial charge on any atom is 0.306 e. The summed E-state index contributed by atoms with van der Waals surface area (Å²) in [4.78, 5) is 25.9. The molecule has 426 valence electrons. The maximum atomic E-state index is 13.1. The van der Waals surface area contributed by atoms with Gasteiger partial charge in [0.05, 0.1) is 19.8 Å². The van der Waals surface area contributed by atoms with E-state index >= 15 is 0 Å². The van der Waals surface area contributed by atoms with Gasteiger partial charge < -0.3 is 64.2 Å². The Balaban J connectivity index is 1.76. The maximum absolute atomic E-state index is 13.1. The third-order valence-electron chi connectivity index (χ3n) is 13.9. The van der Waals surface area contributed by atoms with Crippen LogP contribution in [0.15, 0.2) is 36.5 Å². The second-order valence-corrected chi connectivity index (χ2v) is 20.5. The summed E-state index contributed by atoms with van der Waals surface area (Å²) >= 11 is 0. The molecule has 2 heterocycles. The van der Waals surface area contributed by atoms with Crippen molar-refractivity contribution < 1.29 is 73.8 Å². The Labute approximate surface area is 440 Å². The molecule has 0 saturated carbocycles. The number of unbranched alkanes of at least 4 members (excludes halogenated alkanes) is 26. The van der Waals surface area contributed by atoms with Gasteiger partial charge in [-0.3, -0.25) is 9.59 Å². The molecule has 0 aromatic heterocycles. The first-order valence-electron chi connectivity index (χ1n) is 29.1. The zero-order valence-electron chi connectivity index (χ0n) is 45.4. The van der Waals surface area contributed by atoms with Gasteiger partial charge in [-0.2, -0.15) is 0 Å². The lowest BCUT2D eigenvalue weighted by atomic mass is 9.98. The molecule has 2 fully saturated rings. The molecular weight excluding hydrogens is 937 g/mol. The van der Waals surface area contributed by atoms with Crippen LogP contribution >= 0.6 is 0 Å². The highest BCUT2D eigenvalue weighted by Gasteiger charge is 2.47. The number of rotatable bonds is 46. The Kier molecular flexibility index (Phi) is 41.0. The molecule has 15 heteroatoms. The van der Waals surface area contributed by atoms with Gasteiger partial charge in [0.2, 0.25) is 0 Å². The fraction of sp³-hybridized carbons (Fsp3) is 0.862. The summed E-state index contributed by atoms with van der Waals surface area (Å²) in [6, 6.07) is 0. The van der Waals surface area contributed by atoms with E-state index in [0.717, 1.165) is 70.6 Å². The second-order valence-electron chi connectivity index (χ2n) is 20.5. The molecule has 11 atom stereocenters. The molecule has 11 unspecified atom stereocenters. The first-order valence-corrected chi connectivity index (χ1v) is 29.1. The van der Waals surface area contributed by atoms with Crippen LogP contribution in [0.3, 0.4) is 0 Å². The van der Waals surface area contributed by atoms with Crippen LogP contribution in [0.25, 0.3) is 0 Å². The predicted molar refractivity (Wildman–Crippen MR) is 284 cm³/mol. The van der Waals surface area contributed by atoms with Crippen molar-refractivity contribution in [3.8, 4) is 0 Å². The fourth-order valence-corrected chi connectivity index (χ4v) is 9.11. The molecule has 2 rings (SSSR count). The molecule has 0 radical (unpaired) electrons. The van der Waals surface area contributed by atoms with E-state index < -0.39 is 92.7 Å². The standard InChI is InChI=1S/C58H104O15/c1-3-5-7-9-11-13-15-17-19-21-23-25-27-29-31-33-35-37-39-41-50(61)71-46(43-68-49(60)40-38-36-34-32-30-28-26-24-22-20-18-16-14-12-10-8-6-4-2)44-69-57-56(67)54(65)52(63)48(73-57)45-70-58-55(66)53(64)51(62)47(42-59)72-58/h11,13,17,19,23,25,46-48,51-59,62-67H,3-10,12,14-16,18,20-22,24,26-45H2,1-2H3/b13-11-,19-17-,25-23-. The van der Waals surface area contributed by atoms with E-state index in [1.54, 1.807) is 0 Å². The lowest BCUT2D eigenvalue weighted by molar-refractivity contribution is -0.332. The molecule has 0 bridgehead atoms. The monoisotopic (exact) mass is 1040 g/mol. The number of ether oxygens (including phenoxy) is 6. The molecule has 7 N–H and O–H groups in total. The third kappa shape index (κ3) is 32.2. The Hall–Kier alpha value is -2.28. The quantitative estimate of drug-likeness (QED) is 0.0171. The zero-order chi connectivity index (χ0) is 53.2. The summed E-state index contributed by atoms with van der Waals surface area (Å²) in [6.07, 6.45) is 33.0. The van der Waals surface area contributed by atoms with Crippen LogP contribution in [-0.2, 0) is 38.0 Å². The van der Waals surface area contributed by atoms with E-state index in [0.29, 0.717) is 12.8 Å². The summed E-state index contributed by atoms with van der Waals surface area (Å²) in [5.41, 5.74) is 0. The fourth-order valence-electron chi connectivity index (χ4n) is 9.11. The van der Waals surface area contributed by atoms with Crippen molar-refractivity contribution >= 4 is 11.9 Å². The number of hydrogen-bond acceptors (Lipinski definition) is 15. The number of allylic oxidation sites excluding steroid dienone is 6. The summed E-state index contributed by atoms with van der Waals surface area (Å²) in [6.45, 7) is 2.59. The SMILES string of the molecule is CCCCC/C=C\C/C=C\C/C=C\CCCCCCCCC(=O)OC(COC(=O)CCCCCCCCCCCCCCCCCCCC)COC1OC(COC2OC(CO)C(O)C(O)C2O)C(O)C(O)C1O. The van der Waals surface area contributed by atoms with E-state index in [2.05, 4.69) is 50.3 Å². The lowest BCUT2D eigenvalue weighted by Crippen LogP contribution is -2.61. The van der Waals surface area contributed by atoms with Crippen molar-refractivity contribution in [3.05, 3.63) is 36.5 Å². The van der Waals surface area contributed by atoms with Crippen LogP contribution in [0.1, 0.15) is 226 Å². The summed E-state index contributed by atoms with van der Waals surface area (Å²) < 4.78 is 33.7. The molecule has 2 saturated heterocycles. The molecule has 15 nitrogen and oxygen atoms in total. The first kappa shape index (κ1) is 66.8. The van der Waals surface area contributed by atoms with E-state index in [9.17, 15) is 45.3 Å². The molecule has 0 aromatic carbocycles. The van der Waals surface area contributed by atoms with Gasteiger partial charge in [0.15, 0.2) is 18.7 Å². The van der Waals surface area contributed by atoms with Crippen LogP contribution < -0.4 is 0 Å². The molecule has 0 aromatic rings. The van der Waals surface area contributed by atoms with Crippen molar-refractivity contribution in [2.75, 3.05) is 26.4 Å². The van der Waals surface area contributed by atoms with Gasteiger partial charge in [-0.15, -0.1) is 0 Å². The van der Waals surface area contributed by atoms with Crippen molar-refractivity contribution in [1.29, 1.82) is 0 Å². The smallest absolute Gasteiger partial charge is 0.306 e. The number of aliphatic hydroxyl groups excluding tert-OH is 7. The summed E-state index contributed by atoms with van der Waals surface area (Å²) in [5, 5.41) is 72.3. The van der Waals surface area contributed by atoms with Crippen LogP contribution in [0.2, 0.25) is 0 Å². The molecule has 0 aliphatic carbocycles. The topological polar surface area (TPSA) is 231 Å². The number of hydrogen-bond donors (Lipinski definition) is 7. The van der Waals surface area contributed by atoms with Gasteiger partial charge in [0.25, 0.3) is 0 Å². The van der Waals surface area contributed by atoms with Crippen molar-refractivity contribution in [1.82, 2.24) is 0 Å². The number of carbonyl (C=O) groups excluding carboxylic acids is 2. The minimum atomic E-state index is -1.77. The summed E-state index contributed by atoms with van der Waals surface area (Å²) in [7, 11) is 0. The average molecular weight is 1040 g/mol. The highest BCUT2D eigenvalue weighted by molar-refractivity contribution is 5.70. The lowest BCUT2D eigenvalue weighted by Gasteiger charge is -2.42. The normalized spacial score (nSPS) is 25.1. The summed E-state index contributed by atoms with van der Waals surface area (Å²) in [5.74, 6) is -0.930.